The van der Waals surface area contributed by atoms with Crippen LogP contribution in [0.3, 0.4) is 0 Å². The topological polar surface area (TPSA) is 98.9 Å². The van der Waals surface area contributed by atoms with Crippen LogP contribution in [0.15, 0.2) is 42.5 Å². The van der Waals surface area contributed by atoms with Crippen molar-refractivity contribution >= 4 is 17.5 Å². The predicted octanol–water partition coefficient (Wildman–Crippen LogP) is 3.21. The number of phenols is 1. The zero-order chi connectivity index (χ0) is 17.7. The van der Waals surface area contributed by atoms with Crippen molar-refractivity contribution in [2.24, 2.45) is 0 Å². The normalized spacial score (nSPS) is 10.6. The Hall–Kier alpha value is -3.35. The summed E-state index contributed by atoms with van der Waals surface area (Å²) < 4.78 is 10.1. The molecule has 0 spiro atoms. The quantitative estimate of drug-likeness (QED) is 0.378. The number of nitrogens with zero attached hydrogens (tertiary/aromatic N) is 1. The van der Waals surface area contributed by atoms with E-state index in [1.54, 1.807) is 12.1 Å². The number of benzene rings is 2. The zero-order valence-corrected chi connectivity index (χ0v) is 13.1. The number of hydrogen-bond acceptors (Lipinski definition) is 6. The first-order valence-electron chi connectivity index (χ1n) is 6.88. The minimum Gasteiger partial charge on any atom is -0.502 e. The highest BCUT2D eigenvalue weighted by Crippen LogP contribution is 2.37. The van der Waals surface area contributed by atoms with E-state index in [1.165, 1.54) is 50.6 Å². The third kappa shape index (κ3) is 3.70. The van der Waals surface area contributed by atoms with Crippen LogP contribution < -0.4 is 9.47 Å². The Balaban J connectivity index is 2.23. The Kier molecular flexibility index (Phi) is 5.16. The summed E-state index contributed by atoms with van der Waals surface area (Å²) >= 11 is 0. The van der Waals surface area contributed by atoms with Gasteiger partial charge in [0.15, 0.2) is 17.3 Å². The lowest BCUT2D eigenvalue weighted by Gasteiger charge is -2.09. The molecule has 2 aromatic carbocycles. The van der Waals surface area contributed by atoms with Crippen LogP contribution in [0.25, 0.3) is 6.08 Å². The van der Waals surface area contributed by atoms with Crippen molar-refractivity contribution in [3.05, 3.63) is 63.7 Å². The number of nitro groups is 1. The summed E-state index contributed by atoms with van der Waals surface area (Å²) in [5.74, 6) is 0.00308. The molecule has 0 aliphatic carbocycles. The molecular weight excluding hydrogens is 314 g/mol. The van der Waals surface area contributed by atoms with E-state index in [2.05, 4.69) is 0 Å². The number of hydrogen-bond donors (Lipinski definition) is 1. The third-order valence-corrected chi connectivity index (χ3v) is 3.29. The number of phenolic OH excluding ortho intramolecular Hbond substituents is 1. The second-order valence-corrected chi connectivity index (χ2v) is 4.78. The fourth-order valence-corrected chi connectivity index (χ4v) is 2.03. The summed E-state index contributed by atoms with van der Waals surface area (Å²) in [5.41, 5.74) is 0.842. The van der Waals surface area contributed by atoms with Gasteiger partial charge < -0.3 is 14.6 Å². The maximum Gasteiger partial charge on any atom is 0.269 e. The first-order chi connectivity index (χ1) is 11.5. The Morgan fingerprint density at radius 3 is 2.12 bits per heavy atom. The molecule has 124 valence electrons. The van der Waals surface area contributed by atoms with Crippen LogP contribution in [0.2, 0.25) is 0 Å². The van der Waals surface area contributed by atoms with Gasteiger partial charge >= 0.3 is 0 Å². The number of carbonyl (C=O) groups excluding carboxylic acids is 1. The van der Waals surface area contributed by atoms with E-state index in [0.29, 0.717) is 11.1 Å². The minimum absolute atomic E-state index is 0.0801. The first-order valence-corrected chi connectivity index (χ1v) is 6.88. The number of nitro benzene ring substituents is 1. The number of ether oxygens (including phenoxy) is 2. The van der Waals surface area contributed by atoms with Gasteiger partial charge in [-0.1, -0.05) is 6.08 Å². The largest absolute Gasteiger partial charge is 0.502 e. The van der Waals surface area contributed by atoms with Crippen LogP contribution >= 0.6 is 0 Å². The molecule has 1 N–H and O–H groups in total. The zero-order valence-electron chi connectivity index (χ0n) is 13.1. The molecule has 0 aliphatic rings. The van der Waals surface area contributed by atoms with E-state index >= 15 is 0 Å². The molecule has 0 amide bonds. The van der Waals surface area contributed by atoms with E-state index in [0.717, 1.165) is 0 Å². The number of ketones is 1. The molecule has 7 nitrogen and oxygen atoms in total. The molecule has 0 fully saturated rings. The Morgan fingerprint density at radius 2 is 1.67 bits per heavy atom. The average molecular weight is 329 g/mol. The van der Waals surface area contributed by atoms with Crippen LogP contribution in [-0.2, 0) is 0 Å². The van der Waals surface area contributed by atoms with E-state index in [-0.39, 0.29) is 28.7 Å². The summed E-state index contributed by atoms with van der Waals surface area (Å²) in [6.45, 7) is 0. The molecule has 2 aromatic rings. The SMILES string of the molecule is COc1cc(C=CC(=O)c2ccc([N+](=O)[O-])cc2)cc(OC)c1O. The summed E-state index contributed by atoms with van der Waals surface area (Å²) in [7, 11) is 2.81. The highest BCUT2D eigenvalue weighted by atomic mass is 16.6. The van der Waals surface area contributed by atoms with Crippen molar-refractivity contribution < 1.29 is 24.3 Å². The van der Waals surface area contributed by atoms with Gasteiger partial charge in [-0.3, -0.25) is 14.9 Å². The maximum absolute atomic E-state index is 12.1. The number of methoxy groups -OCH3 is 2. The minimum atomic E-state index is -0.529. The van der Waals surface area contributed by atoms with Gasteiger partial charge in [-0.15, -0.1) is 0 Å². The molecule has 0 atom stereocenters. The number of carbonyl (C=O) groups is 1. The molecule has 7 heteroatoms. The van der Waals surface area contributed by atoms with Crippen molar-refractivity contribution in [3.8, 4) is 17.2 Å². The highest BCUT2D eigenvalue weighted by molar-refractivity contribution is 6.06. The molecular formula is C17H15NO6. The highest BCUT2D eigenvalue weighted by Gasteiger charge is 2.11. The molecule has 0 aromatic heterocycles. The van der Waals surface area contributed by atoms with Gasteiger partial charge in [-0.25, -0.2) is 0 Å². The van der Waals surface area contributed by atoms with Crippen LogP contribution in [0.1, 0.15) is 15.9 Å². The fourth-order valence-electron chi connectivity index (χ4n) is 2.03. The second-order valence-electron chi connectivity index (χ2n) is 4.78. The van der Waals surface area contributed by atoms with Crippen LogP contribution in [0, 0.1) is 10.1 Å². The number of aromatic hydroxyl groups is 1. The third-order valence-electron chi connectivity index (χ3n) is 3.29. The number of rotatable bonds is 6. The van der Waals surface area contributed by atoms with Gasteiger partial charge in [0.1, 0.15) is 0 Å². The van der Waals surface area contributed by atoms with Gasteiger partial charge in [-0.2, -0.15) is 0 Å². The Morgan fingerprint density at radius 1 is 1.12 bits per heavy atom. The monoisotopic (exact) mass is 329 g/mol. The molecule has 2 rings (SSSR count). The van der Waals surface area contributed by atoms with Crippen molar-refractivity contribution in [3.63, 3.8) is 0 Å². The second kappa shape index (κ2) is 7.28. The summed E-state index contributed by atoms with van der Waals surface area (Å²) in [6.07, 6.45) is 2.86. The van der Waals surface area contributed by atoms with Crippen LogP contribution in [0.5, 0.6) is 17.2 Å². The van der Waals surface area contributed by atoms with E-state index in [1.807, 2.05) is 0 Å². The lowest BCUT2D eigenvalue weighted by Crippen LogP contribution is -1.95. The number of allylic oxidation sites excluding steroid dienone is 1. The van der Waals surface area contributed by atoms with Gasteiger partial charge in [0.2, 0.25) is 5.75 Å². The maximum atomic E-state index is 12.1. The fraction of sp³-hybridized carbons (Fsp3) is 0.118. The van der Waals surface area contributed by atoms with Gasteiger partial charge in [0.05, 0.1) is 19.1 Å². The smallest absolute Gasteiger partial charge is 0.269 e. The molecule has 0 saturated heterocycles. The van der Waals surface area contributed by atoms with Crippen LogP contribution in [0.4, 0.5) is 5.69 Å². The van der Waals surface area contributed by atoms with E-state index in [9.17, 15) is 20.0 Å². The van der Waals surface area contributed by atoms with Crippen LogP contribution in [-0.4, -0.2) is 30.0 Å². The van der Waals surface area contributed by atoms with Gasteiger partial charge in [-0.05, 0) is 35.9 Å². The molecule has 0 aliphatic heterocycles. The van der Waals surface area contributed by atoms with Crippen molar-refractivity contribution in [2.75, 3.05) is 14.2 Å². The molecule has 0 radical (unpaired) electrons. The predicted molar refractivity (Wildman–Crippen MR) is 87.7 cm³/mol. The molecule has 24 heavy (non-hydrogen) atoms. The van der Waals surface area contributed by atoms with Gasteiger partial charge in [0.25, 0.3) is 5.69 Å². The van der Waals surface area contributed by atoms with Crippen molar-refractivity contribution in [2.45, 2.75) is 0 Å². The summed E-state index contributed by atoms with van der Waals surface area (Å²) in [5, 5.41) is 20.4. The first kappa shape index (κ1) is 17.0. The average Bonchev–Trinajstić information content (AvgIpc) is 2.60. The lowest BCUT2D eigenvalue weighted by atomic mass is 10.1. The summed E-state index contributed by atoms with van der Waals surface area (Å²) in [4.78, 5) is 22.2. The van der Waals surface area contributed by atoms with Crippen molar-refractivity contribution in [1.82, 2.24) is 0 Å². The number of non-ortho nitro benzene ring substituents is 1. The molecule has 0 bridgehead atoms. The van der Waals surface area contributed by atoms with Crippen molar-refractivity contribution in [1.29, 1.82) is 0 Å². The molecule has 0 heterocycles. The van der Waals surface area contributed by atoms with E-state index in [4.69, 9.17) is 9.47 Å². The standard InChI is InChI=1S/C17H15NO6/c1-23-15-9-11(10-16(24-2)17(15)20)3-8-14(19)12-4-6-13(7-5-12)18(21)22/h3-10,20H,1-2H3. The lowest BCUT2D eigenvalue weighted by molar-refractivity contribution is -0.384. The Bertz CT molecular complexity index is 770. The molecule has 0 unspecified atom stereocenters. The molecule has 0 saturated carbocycles. The van der Waals surface area contributed by atoms with Gasteiger partial charge in [0, 0.05) is 17.7 Å². The van der Waals surface area contributed by atoms with E-state index < -0.39 is 4.92 Å². The summed E-state index contributed by atoms with van der Waals surface area (Å²) in [6, 6.07) is 8.43. The Labute approximate surface area is 137 Å².